The highest BCUT2D eigenvalue weighted by Gasteiger charge is 2.10. The lowest BCUT2D eigenvalue weighted by Crippen LogP contribution is -1.98. The van der Waals surface area contributed by atoms with Crippen LogP contribution in [0.5, 0.6) is 0 Å². The zero-order chi connectivity index (χ0) is 13.2. The summed E-state index contributed by atoms with van der Waals surface area (Å²) in [4.78, 5) is 8.48. The second-order valence-electron chi connectivity index (χ2n) is 4.07. The molecule has 0 aliphatic heterocycles. The lowest BCUT2D eigenvalue weighted by molar-refractivity contribution is 1.05. The molecule has 2 aromatic heterocycles. The van der Waals surface area contributed by atoms with Gasteiger partial charge >= 0.3 is 0 Å². The zero-order valence-corrected chi connectivity index (χ0v) is 11.6. The standard InChI is InChI=1S/C14H11BrN4/c15-12-9-17-5-4-13(12)19-7-6-18-14(19)10-2-1-3-11(16)8-10/h1-9H,16H2. The molecule has 0 saturated carbocycles. The lowest BCUT2D eigenvalue weighted by Gasteiger charge is -2.09. The van der Waals surface area contributed by atoms with Gasteiger partial charge in [-0.05, 0) is 34.1 Å². The van der Waals surface area contributed by atoms with Gasteiger partial charge in [-0.1, -0.05) is 12.1 Å². The predicted molar refractivity (Wildman–Crippen MR) is 78.9 cm³/mol. The molecule has 3 rings (SSSR count). The molecule has 19 heavy (non-hydrogen) atoms. The van der Waals surface area contributed by atoms with E-state index in [1.54, 1.807) is 18.6 Å². The van der Waals surface area contributed by atoms with Crippen LogP contribution in [0.2, 0.25) is 0 Å². The quantitative estimate of drug-likeness (QED) is 0.738. The van der Waals surface area contributed by atoms with Crippen molar-refractivity contribution in [2.24, 2.45) is 0 Å². The molecule has 0 radical (unpaired) electrons. The van der Waals surface area contributed by atoms with E-state index in [-0.39, 0.29) is 0 Å². The fourth-order valence-electron chi connectivity index (χ4n) is 1.95. The van der Waals surface area contributed by atoms with Crippen molar-refractivity contribution in [3.05, 3.63) is 59.6 Å². The number of nitrogens with zero attached hydrogens (tertiary/aromatic N) is 3. The maximum absolute atomic E-state index is 5.83. The second-order valence-corrected chi connectivity index (χ2v) is 4.93. The summed E-state index contributed by atoms with van der Waals surface area (Å²) in [6, 6.07) is 9.62. The topological polar surface area (TPSA) is 56.7 Å². The van der Waals surface area contributed by atoms with Crippen LogP contribution in [-0.4, -0.2) is 14.5 Å². The van der Waals surface area contributed by atoms with Gasteiger partial charge in [-0.2, -0.15) is 0 Å². The van der Waals surface area contributed by atoms with Crippen molar-refractivity contribution in [1.29, 1.82) is 0 Å². The van der Waals surface area contributed by atoms with Crippen molar-refractivity contribution in [3.63, 3.8) is 0 Å². The van der Waals surface area contributed by atoms with E-state index >= 15 is 0 Å². The smallest absolute Gasteiger partial charge is 0.144 e. The number of nitrogens with two attached hydrogens (primary N) is 1. The van der Waals surface area contributed by atoms with Crippen LogP contribution in [0.25, 0.3) is 17.1 Å². The fraction of sp³-hybridized carbons (Fsp3) is 0. The van der Waals surface area contributed by atoms with Crippen molar-refractivity contribution in [1.82, 2.24) is 14.5 Å². The van der Waals surface area contributed by atoms with E-state index in [4.69, 9.17) is 5.73 Å². The number of rotatable bonds is 2. The van der Waals surface area contributed by atoms with E-state index in [1.807, 2.05) is 41.1 Å². The Bertz CT molecular complexity index is 721. The van der Waals surface area contributed by atoms with Gasteiger partial charge in [0.25, 0.3) is 0 Å². The zero-order valence-electron chi connectivity index (χ0n) is 9.99. The van der Waals surface area contributed by atoms with Crippen molar-refractivity contribution in [2.75, 3.05) is 5.73 Å². The molecular formula is C14H11BrN4. The van der Waals surface area contributed by atoms with Crippen LogP contribution in [0.3, 0.4) is 0 Å². The van der Waals surface area contributed by atoms with Gasteiger partial charge in [0, 0.05) is 36.0 Å². The van der Waals surface area contributed by atoms with Crippen LogP contribution in [0.1, 0.15) is 0 Å². The van der Waals surface area contributed by atoms with E-state index in [1.165, 1.54) is 0 Å². The SMILES string of the molecule is Nc1cccc(-c2nccn2-c2ccncc2Br)c1. The third kappa shape index (κ3) is 2.24. The van der Waals surface area contributed by atoms with E-state index in [0.717, 1.165) is 27.2 Å². The Morgan fingerprint density at radius 3 is 2.84 bits per heavy atom. The van der Waals surface area contributed by atoms with Gasteiger partial charge in [0.05, 0.1) is 10.2 Å². The molecule has 1 aromatic carbocycles. The fourth-order valence-corrected chi connectivity index (χ4v) is 2.39. The van der Waals surface area contributed by atoms with Gasteiger partial charge in [0.1, 0.15) is 5.82 Å². The number of imidazole rings is 1. The molecule has 0 unspecified atom stereocenters. The molecular weight excluding hydrogens is 304 g/mol. The molecule has 0 aliphatic rings. The number of hydrogen-bond donors (Lipinski definition) is 1. The maximum atomic E-state index is 5.83. The number of pyridine rings is 1. The third-order valence-electron chi connectivity index (χ3n) is 2.80. The van der Waals surface area contributed by atoms with Crippen LogP contribution in [0.4, 0.5) is 5.69 Å². The van der Waals surface area contributed by atoms with Crippen LogP contribution >= 0.6 is 15.9 Å². The molecule has 0 spiro atoms. The molecule has 0 saturated heterocycles. The van der Waals surface area contributed by atoms with Gasteiger partial charge in [0.2, 0.25) is 0 Å². The van der Waals surface area contributed by atoms with Crippen LogP contribution in [0.15, 0.2) is 59.6 Å². The summed E-state index contributed by atoms with van der Waals surface area (Å²) in [5.41, 5.74) is 8.52. The number of nitrogen functional groups attached to an aromatic ring is 1. The number of aromatic nitrogens is 3. The van der Waals surface area contributed by atoms with Gasteiger partial charge in [0.15, 0.2) is 0 Å². The van der Waals surface area contributed by atoms with Gasteiger partial charge in [-0.3, -0.25) is 9.55 Å². The summed E-state index contributed by atoms with van der Waals surface area (Å²) < 4.78 is 2.92. The van der Waals surface area contributed by atoms with Crippen molar-refractivity contribution >= 4 is 21.6 Å². The van der Waals surface area contributed by atoms with Crippen molar-refractivity contribution < 1.29 is 0 Å². The minimum Gasteiger partial charge on any atom is -0.399 e. The van der Waals surface area contributed by atoms with Crippen molar-refractivity contribution in [2.45, 2.75) is 0 Å². The van der Waals surface area contributed by atoms with Crippen LogP contribution < -0.4 is 5.73 Å². The number of hydrogen-bond acceptors (Lipinski definition) is 3. The van der Waals surface area contributed by atoms with E-state index < -0.39 is 0 Å². The average Bonchev–Trinajstić information content (AvgIpc) is 2.88. The highest BCUT2D eigenvalue weighted by molar-refractivity contribution is 9.10. The van der Waals surface area contributed by atoms with Gasteiger partial charge in [-0.25, -0.2) is 4.98 Å². The Morgan fingerprint density at radius 2 is 2.05 bits per heavy atom. The molecule has 94 valence electrons. The largest absolute Gasteiger partial charge is 0.399 e. The minimum absolute atomic E-state index is 0.723. The molecule has 0 aliphatic carbocycles. The summed E-state index contributed by atoms with van der Waals surface area (Å²) >= 11 is 3.50. The number of halogens is 1. The Balaban J connectivity index is 2.16. The third-order valence-corrected chi connectivity index (χ3v) is 3.41. The number of anilines is 1. The molecule has 2 N–H and O–H groups in total. The molecule has 2 heterocycles. The Labute approximate surface area is 119 Å². The van der Waals surface area contributed by atoms with Gasteiger partial charge in [-0.15, -0.1) is 0 Å². The van der Waals surface area contributed by atoms with Crippen LogP contribution in [-0.2, 0) is 0 Å². The normalized spacial score (nSPS) is 10.6. The van der Waals surface area contributed by atoms with E-state index in [0.29, 0.717) is 0 Å². The molecule has 0 atom stereocenters. The highest BCUT2D eigenvalue weighted by atomic mass is 79.9. The van der Waals surface area contributed by atoms with Gasteiger partial charge < -0.3 is 5.73 Å². The summed E-state index contributed by atoms with van der Waals surface area (Å²) in [7, 11) is 0. The Kier molecular flexibility index (Phi) is 3.05. The molecule has 4 nitrogen and oxygen atoms in total. The first kappa shape index (κ1) is 11.9. The van der Waals surface area contributed by atoms with E-state index in [9.17, 15) is 0 Å². The first-order valence-electron chi connectivity index (χ1n) is 5.75. The molecule has 5 heteroatoms. The van der Waals surface area contributed by atoms with Crippen LogP contribution in [0, 0.1) is 0 Å². The molecule has 3 aromatic rings. The van der Waals surface area contributed by atoms with Crippen molar-refractivity contribution in [3.8, 4) is 17.1 Å². The predicted octanol–water partition coefficient (Wildman–Crippen LogP) is 3.28. The van der Waals surface area contributed by atoms with E-state index in [2.05, 4.69) is 25.9 Å². The lowest BCUT2D eigenvalue weighted by atomic mass is 10.2. The monoisotopic (exact) mass is 314 g/mol. The maximum Gasteiger partial charge on any atom is 0.144 e. The molecule has 0 fully saturated rings. The summed E-state index contributed by atoms with van der Waals surface area (Å²) in [5.74, 6) is 0.846. The summed E-state index contributed by atoms with van der Waals surface area (Å²) in [6.07, 6.45) is 7.20. The minimum atomic E-state index is 0.723. The highest BCUT2D eigenvalue weighted by Crippen LogP contribution is 2.26. The average molecular weight is 315 g/mol. The molecule has 0 amide bonds. The Hall–Kier alpha value is -2.14. The summed E-state index contributed by atoms with van der Waals surface area (Å²) in [6.45, 7) is 0. The Morgan fingerprint density at radius 1 is 1.16 bits per heavy atom. The second kappa shape index (κ2) is 4.85. The first-order chi connectivity index (χ1) is 9.25. The first-order valence-corrected chi connectivity index (χ1v) is 6.54. The summed E-state index contributed by atoms with van der Waals surface area (Å²) in [5, 5.41) is 0. The molecule has 0 bridgehead atoms. The number of benzene rings is 1.